The van der Waals surface area contributed by atoms with E-state index in [-0.39, 0.29) is 6.10 Å². The zero-order chi connectivity index (χ0) is 16.4. The van der Waals surface area contributed by atoms with Crippen molar-refractivity contribution >= 4 is 13.8 Å². The van der Waals surface area contributed by atoms with Crippen molar-refractivity contribution in [3.8, 4) is 0 Å². The van der Waals surface area contributed by atoms with Crippen LogP contribution < -0.4 is 0 Å². The lowest BCUT2D eigenvalue weighted by Crippen LogP contribution is -2.40. The van der Waals surface area contributed by atoms with Crippen molar-refractivity contribution in [3.63, 3.8) is 0 Å². The van der Waals surface area contributed by atoms with Crippen LogP contribution in [0.2, 0.25) is 25.7 Å². The molecular formula is C16H22F3NOSi. The van der Waals surface area contributed by atoms with E-state index in [1.54, 1.807) is 0 Å². The minimum atomic E-state index is -4.43. The van der Waals surface area contributed by atoms with E-state index in [2.05, 4.69) is 24.8 Å². The molecule has 1 aliphatic rings. The topological polar surface area (TPSA) is 21.6 Å². The van der Waals surface area contributed by atoms with Crippen molar-refractivity contribution in [2.75, 3.05) is 0 Å². The van der Waals surface area contributed by atoms with Crippen LogP contribution in [0.1, 0.15) is 12.0 Å². The Morgan fingerprint density at radius 3 is 2.36 bits per heavy atom. The average Bonchev–Trinajstić information content (AvgIpc) is 2.36. The van der Waals surface area contributed by atoms with Crippen molar-refractivity contribution in [2.24, 2.45) is 11.1 Å². The Hall–Kier alpha value is -1.30. The SMILES string of the molecule is C[Si](C)(C)C[C@H]1C[C@@H](Cc2ccccc2)C(C(F)(F)F)=NO1. The van der Waals surface area contributed by atoms with E-state index in [9.17, 15) is 13.2 Å². The molecule has 0 bridgehead atoms. The van der Waals surface area contributed by atoms with Crippen molar-refractivity contribution in [1.82, 2.24) is 0 Å². The monoisotopic (exact) mass is 329 g/mol. The first-order valence-electron chi connectivity index (χ1n) is 7.50. The van der Waals surface area contributed by atoms with Crippen LogP contribution in [-0.2, 0) is 11.3 Å². The van der Waals surface area contributed by atoms with Gasteiger partial charge >= 0.3 is 6.18 Å². The summed E-state index contributed by atoms with van der Waals surface area (Å²) in [4.78, 5) is 5.16. The van der Waals surface area contributed by atoms with Gasteiger partial charge < -0.3 is 4.84 Å². The van der Waals surface area contributed by atoms with E-state index < -0.39 is 25.9 Å². The highest BCUT2D eigenvalue weighted by molar-refractivity contribution is 6.76. The maximum atomic E-state index is 13.2. The predicted molar refractivity (Wildman–Crippen MR) is 84.8 cm³/mol. The molecule has 2 rings (SSSR count). The predicted octanol–water partition coefficient (Wildman–Crippen LogP) is 4.89. The lowest BCUT2D eigenvalue weighted by Gasteiger charge is -2.32. The molecule has 0 radical (unpaired) electrons. The Labute approximate surface area is 130 Å². The molecule has 0 saturated heterocycles. The molecule has 0 amide bonds. The standard InChI is InChI=1S/C16H22F3NOSi/c1-22(2,3)11-14-10-13(9-12-7-5-4-6-8-12)15(20-21-14)16(17,18)19/h4-8,13-14H,9-11H2,1-3H3/t13-,14-/m1/s1. The molecule has 0 spiro atoms. The first-order chi connectivity index (χ1) is 10.1. The molecule has 2 nitrogen and oxygen atoms in total. The Balaban J connectivity index is 2.18. The van der Waals surface area contributed by atoms with E-state index >= 15 is 0 Å². The third-order valence-electron chi connectivity index (χ3n) is 3.69. The Bertz CT molecular complexity index is 522. The molecule has 0 unspecified atom stereocenters. The highest BCUT2D eigenvalue weighted by atomic mass is 28.3. The molecule has 1 aliphatic heterocycles. The minimum Gasteiger partial charge on any atom is -0.393 e. The number of rotatable bonds is 4. The van der Waals surface area contributed by atoms with Crippen molar-refractivity contribution in [1.29, 1.82) is 0 Å². The Morgan fingerprint density at radius 2 is 1.82 bits per heavy atom. The van der Waals surface area contributed by atoms with Crippen LogP contribution in [0.25, 0.3) is 0 Å². The number of halogens is 3. The zero-order valence-electron chi connectivity index (χ0n) is 13.2. The fraction of sp³-hybridized carbons (Fsp3) is 0.562. The van der Waals surface area contributed by atoms with Gasteiger partial charge in [0.1, 0.15) is 6.10 Å². The van der Waals surface area contributed by atoms with Gasteiger partial charge in [-0.2, -0.15) is 13.2 Å². The summed E-state index contributed by atoms with van der Waals surface area (Å²) in [5.74, 6) is -0.627. The number of alkyl halides is 3. The molecule has 0 aliphatic carbocycles. The smallest absolute Gasteiger partial charge is 0.393 e. The summed E-state index contributed by atoms with van der Waals surface area (Å²) in [6.07, 6.45) is -3.89. The van der Waals surface area contributed by atoms with Gasteiger partial charge in [-0.3, -0.25) is 0 Å². The van der Waals surface area contributed by atoms with Crippen LogP contribution in [0.15, 0.2) is 35.5 Å². The summed E-state index contributed by atoms with van der Waals surface area (Å²) in [5.41, 5.74) is 0.126. The van der Waals surface area contributed by atoms with Gasteiger partial charge in [0.05, 0.1) is 0 Å². The minimum absolute atomic E-state index is 0.202. The lowest BCUT2D eigenvalue weighted by molar-refractivity contribution is -0.0754. The lowest BCUT2D eigenvalue weighted by atomic mass is 9.88. The van der Waals surface area contributed by atoms with Crippen LogP contribution >= 0.6 is 0 Å². The largest absolute Gasteiger partial charge is 0.432 e. The number of hydrogen-bond donors (Lipinski definition) is 0. The highest BCUT2D eigenvalue weighted by Gasteiger charge is 2.45. The molecule has 2 atom stereocenters. The molecule has 1 heterocycles. The number of oxime groups is 1. The number of benzene rings is 1. The molecule has 22 heavy (non-hydrogen) atoms. The van der Waals surface area contributed by atoms with Crippen LogP contribution in [0.3, 0.4) is 0 Å². The van der Waals surface area contributed by atoms with Crippen molar-refractivity contribution in [2.45, 2.75) is 50.8 Å². The molecule has 1 aromatic carbocycles. The van der Waals surface area contributed by atoms with Gasteiger partial charge in [-0.15, -0.1) is 0 Å². The van der Waals surface area contributed by atoms with E-state index in [1.807, 2.05) is 30.3 Å². The third kappa shape index (κ3) is 4.86. The van der Waals surface area contributed by atoms with E-state index in [1.165, 1.54) is 0 Å². The van der Waals surface area contributed by atoms with Crippen LogP contribution in [0.5, 0.6) is 0 Å². The fourth-order valence-electron chi connectivity index (χ4n) is 2.84. The molecule has 0 saturated carbocycles. The quantitative estimate of drug-likeness (QED) is 0.721. The highest BCUT2D eigenvalue weighted by Crippen LogP contribution is 2.33. The number of hydrogen-bond acceptors (Lipinski definition) is 2. The van der Waals surface area contributed by atoms with Crippen molar-refractivity contribution < 1.29 is 18.0 Å². The summed E-state index contributed by atoms with van der Waals surface area (Å²) >= 11 is 0. The molecule has 6 heteroatoms. The summed E-state index contributed by atoms with van der Waals surface area (Å²) in [6.45, 7) is 6.56. The summed E-state index contributed by atoms with van der Waals surface area (Å²) in [7, 11) is -1.41. The molecule has 122 valence electrons. The zero-order valence-corrected chi connectivity index (χ0v) is 14.2. The first-order valence-corrected chi connectivity index (χ1v) is 11.2. The second-order valence-corrected chi connectivity index (χ2v) is 12.6. The second kappa shape index (κ2) is 6.44. The average molecular weight is 329 g/mol. The van der Waals surface area contributed by atoms with Gasteiger partial charge in [0.25, 0.3) is 0 Å². The van der Waals surface area contributed by atoms with E-state index in [4.69, 9.17) is 4.84 Å². The number of nitrogens with zero attached hydrogens (tertiary/aromatic N) is 1. The van der Waals surface area contributed by atoms with Gasteiger partial charge in [-0.1, -0.05) is 55.1 Å². The summed E-state index contributed by atoms with van der Waals surface area (Å²) in [6, 6.07) is 10.1. The first kappa shape index (κ1) is 17.1. The van der Waals surface area contributed by atoms with Gasteiger partial charge in [-0.05, 0) is 24.4 Å². The second-order valence-electron chi connectivity index (χ2n) is 7.09. The van der Waals surface area contributed by atoms with E-state index in [0.29, 0.717) is 12.8 Å². The van der Waals surface area contributed by atoms with Gasteiger partial charge in [0, 0.05) is 14.0 Å². The summed E-state index contributed by atoms with van der Waals surface area (Å²) < 4.78 is 39.5. The maximum absolute atomic E-state index is 13.2. The van der Waals surface area contributed by atoms with Gasteiger partial charge in [0.2, 0.25) is 0 Å². The molecule has 0 N–H and O–H groups in total. The normalized spacial score (nSPS) is 22.9. The molecule has 1 aromatic rings. The molecule has 0 aromatic heterocycles. The van der Waals surface area contributed by atoms with Crippen molar-refractivity contribution in [3.05, 3.63) is 35.9 Å². The molecular weight excluding hydrogens is 307 g/mol. The Morgan fingerprint density at radius 1 is 1.18 bits per heavy atom. The molecule has 0 fully saturated rings. The van der Waals surface area contributed by atoms with Crippen LogP contribution in [-0.4, -0.2) is 26.1 Å². The third-order valence-corrected chi connectivity index (χ3v) is 5.37. The van der Waals surface area contributed by atoms with Gasteiger partial charge in [-0.25, -0.2) is 0 Å². The summed E-state index contributed by atoms with van der Waals surface area (Å²) in [5, 5.41) is 3.46. The van der Waals surface area contributed by atoms with Gasteiger partial charge in [0.15, 0.2) is 5.71 Å². The van der Waals surface area contributed by atoms with Crippen LogP contribution in [0.4, 0.5) is 13.2 Å². The fourth-order valence-corrected chi connectivity index (χ4v) is 4.45. The maximum Gasteiger partial charge on any atom is 0.432 e. The van der Waals surface area contributed by atoms with Crippen LogP contribution in [0, 0.1) is 5.92 Å². The Kier molecular flexibility index (Phi) is 4.99. The van der Waals surface area contributed by atoms with E-state index in [0.717, 1.165) is 11.6 Å².